The van der Waals surface area contributed by atoms with Crippen LogP contribution in [-0.4, -0.2) is 24.7 Å². The SMILES string of the molecule is CC(C)Nc1ccc(NS(=O)(=O)c2ccc(C(C)(C)C)cc2)nn1. The van der Waals surface area contributed by atoms with Crippen LogP contribution in [0.1, 0.15) is 40.2 Å². The lowest BCUT2D eigenvalue weighted by atomic mass is 9.87. The zero-order valence-corrected chi connectivity index (χ0v) is 15.5. The summed E-state index contributed by atoms with van der Waals surface area (Å²) in [5.74, 6) is 0.784. The summed E-state index contributed by atoms with van der Waals surface area (Å²) in [6.07, 6.45) is 0. The maximum absolute atomic E-state index is 12.4. The zero-order chi connectivity index (χ0) is 18.0. The van der Waals surface area contributed by atoms with Crippen molar-refractivity contribution in [2.24, 2.45) is 0 Å². The summed E-state index contributed by atoms with van der Waals surface area (Å²) in [4.78, 5) is 0.196. The summed E-state index contributed by atoms with van der Waals surface area (Å²) >= 11 is 0. The molecule has 130 valence electrons. The first kappa shape index (κ1) is 18.2. The maximum atomic E-state index is 12.4. The average molecular weight is 348 g/mol. The summed E-state index contributed by atoms with van der Waals surface area (Å²) in [6, 6.07) is 10.4. The number of rotatable bonds is 5. The van der Waals surface area contributed by atoms with Gasteiger partial charge >= 0.3 is 0 Å². The highest BCUT2D eigenvalue weighted by atomic mass is 32.2. The van der Waals surface area contributed by atoms with Gasteiger partial charge in [-0.1, -0.05) is 32.9 Å². The Morgan fingerprint density at radius 1 is 0.917 bits per heavy atom. The van der Waals surface area contributed by atoms with Gasteiger partial charge < -0.3 is 5.32 Å². The number of nitrogens with zero attached hydrogens (tertiary/aromatic N) is 2. The summed E-state index contributed by atoms with van der Waals surface area (Å²) in [7, 11) is -3.68. The van der Waals surface area contributed by atoms with Gasteiger partial charge in [-0.3, -0.25) is 4.72 Å². The van der Waals surface area contributed by atoms with Crippen LogP contribution in [0.25, 0.3) is 0 Å². The van der Waals surface area contributed by atoms with Crippen LogP contribution in [0.15, 0.2) is 41.3 Å². The number of sulfonamides is 1. The highest BCUT2D eigenvalue weighted by molar-refractivity contribution is 7.92. The molecule has 0 aliphatic heterocycles. The van der Waals surface area contributed by atoms with Crippen LogP contribution in [0.5, 0.6) is 0 Å². The third-order valence-corrected chi connectivity index (χ3v) is 4.74. The molecule has 0 spiro atoms. The molecule has 1 aromatic carbocycles. The minimum atomic E-state index is -3.68. The molecule has 0 amide bonds. The lowest BCUT2D eigenvalue weighted by molar-refractivity contribution is 0.587. The van der Waals surface area contributed by atoms with Crippen molar-refractivity contribution in [3.63, 3.8) is 0 Å². The van der Waals surface area contributed by atoms with Gasteiger partial charge in [-0.25, -0.2) is 8.42 Å². The van der Waals surface area contributed by atoms with E-state index < -0.39 is 10.0 Å². The Kier molecular flexibility index (Phi) is 5.13. The Morgan fingerprint density at radius 2 is 1.46 bits per heavy atom. The molecule has 0 saturated heterocycles. The number of hydrogen-bond acceptors (Lipinski definition) is 5. The topological polar surface area (TPSA) is 84.0 Å². The Bertz CT molecular complexity index is 777. The van der Waals surface area contributed by atoms with E-state index in [9.17, 15) is 8.42 Å². The van der Waals surface area contributed by atoms with E-state index in [2.05, 4.69) is 41.0 Å². The van der Waals surface area contributed by atoms with E-state index in [1.807, 2.05) is 26.0 Å². The molecule has 0 atom stereocenters. The van der Waals surface area contributed by atoms with Gasteiger partial charge in [-0.2, -0.15) is 0 Å². The minimum Gasteiger partial charge on any atom is -0.366 e. The number of nitrogens with one attached hydrogen (secondary N) is 2. The van der Waals surface area contributed by atoms with Crippen molar-refractivity contribution in [3.05, 3.63) is 42.0 Å². The van der Waals surface area contributed by atoms with Gasteiger partial charge in [0, 0.05) is 6.04 Å². The van der Waals surface area contributed by atoms with E-state index in [0.29, 0.717) is 5.82 Å². The predicted molar refractivity (Wildman–Crippen MR) is 96.7 cm³/mol. The smallest absolute Gasteiger partial charge is 0.263 e. The standard InChI is InChI=1S/C17H24N4O2S/c1-12(2)18-15-10-11-16(20-19-15)21-24(22,23)14-8-6-13(7-9-14)17(3,4)5/h6-12H,1-5H3,(H,18,19)(H,20,21). The molecule has 0 fully saturated rings. The van der Waals surface area contributed by atoms with E-state index in [-0.39, 0.29) is 22.2 Å². The Labute approximate surface area is 143 Å². The summed E-state index contributed by atoms with van der Waals surface area (Å²) in [5.41, 5.74) is 1.05. The molecule has 0 aliphatic rings. The van der Waals surface area contributed by atoms with Gasteiger partial charge in [-0.05, 0) is 49.1 Å². The van der Waals surface area contributed by atoms with E-state index in [1.54, 1.807) is 24.3 Å². The zero-order valence-electron chi connectivity index (χ0n) is 14.7. The molecule has 6 nitrogen and oxygen atoms in total. The van der Waals surface area contributed by atoms with Gasteiger partial charge in [0.1, 0.15) is 5.82 Å². The molecule has 0 saturated carbocycles. The Morgan fingerprint density at radius 3 is 1.92 bits per heavy atom. The van der Waals surface area contributed by atoms with Gasteiger partial charge in [0.2, 0.25) is 0 Å². The summed E-state index contributed by atoms with van der Waals surface area (Å²) in [5, 5.41) is 10.9. The van der Waals surface area contributed by atoms with Crippen LogP contribution in [0.2, 0.25) is 0 Å². The van der Waals surface area contributed by atoms with Crippen LogP contribution in [-0.2, 0) is 15.4 Å². The fourth-order valence-corrected chi connectivity index (χ4v) is 3.09. The predicted octanol–water partition coefficient (Wildman–Crippen LogP) is 3.40. The van der Waals surface area contributed by atoms with Crippen molar-refractivity contribution in [1.82, 2.24) is 10.2 Å². The lowest BCUT2D eigenvalue weighted by Crippen LogP contribution is -2.16. The van der Waals surface area contributed by atoms with Crippen molar-refractivity contribution in [1.29, 1.82) is 0 Å². The Balaban J connectivity index is 2.16. The highest BCUT2D eigenvalue weighted by Gasteiger charge is 2.18. The van der Waals surface area contributed by atoms with Crippen LogP contribution >= 0.6 is 0 Å². The minimum absolute atomic E-state index is 0.0273. The normalized spacial score (nSPS) is 12.2. The van der Waals surface area contributed by atoms with Gasteiger partial charge in [-0.15, -0.1) is 10.2 Å². The fourth-order valence-electron chi connectivity index (χ4n) is 2.09. The average Bonchev–Trinajstić information content (AvgIpc) is 2.48. The molecule has 7 heteroatoms. The first-order chi connectivity index (χ1) is 11.1. The molecule has 0 radical (unpaired) electrons. The van der Waals surface area contributed by atoms with Crippen molar-refractivity contribution in [3.8, 4) is 0 Å². The monoisotopic (exact) mass is 348 g/mol. The molecule has 0 bridgehead atoms. The molecule has 0 aliphatic carbocycles. The molecule has 0 unspecified atom stereocenters. The van der Waals surface area contributed by atoms with Gasteiger partial charge in [0.25, 0.3) is 10.0 Å². The second-order valence-electron chi connectivity index (χ2n) is 6.98. The molecule has 2 N–H and O–H groups in total. The van der Waals surface area contributed by atoms with E-state index in [1.165, 1.54) is 0 Å². The first-order valence-corrected chi connectivity index (χ1v) is 9.30. The van der Waals surface area contributed by atoms with Crippen LogP contribution in [0.4, 0.5) is 11.6 Å². The highest BCUT2D eigenvalue weighted by Crippen LogP contribution is 2.24. The van der Waals surface area contributed by atoms with Crippen LogP contribution < -0.4 is 10.0 Å². The Hall–Kier alpha value is -2.15. The van der Waals surface area contributed by atoms with Crippen LogP contribution in [0.3, 0.4) is 0 Å². The van der Waals surface area contributed by atoms with Gasteiger partial charge in [0.15, 0.2) is 5.82 Å². The van der Waals surface area contributed by atoms with Crippen molar-refractivity contribution in [2.75, 3.05) is 10.0 Å². The first-order valence-electron chi connectivity index (χ1n) is 7.81. The van der Waals surface area contributed by atoms with Gasteiger partial charge in [0.05, 0.1) is 4.90 Å². The molecule has 2 rings (SSSR count). The second kappa shape index (κ2) is 6.76. The second-order valence-corrected chi connectivity index (χ2v) is 8.67. The molecular weight excluding hydrogens is 324 g/mol. The lowest BCUT2D eigenvalue weighted by Gasteiger charge is -2.19. The molecule has 24 heavy (non-hydrogen) atoms. The third kappa shape index (κ3) is 4.67. The third-order valence-electron chi connectivity index (χ3n) is 3.37. The number of aromatic nitrogens is 2. The number of benzene rings is 1. The maximum Gasteiger partial charge on any atom is 0.263 e. The summed E-state index contributed by atoms with van der Waals surface area (Å²) < 4.78 is 27.3. The van der Waals surface area contributed by atoms with Crippen molar-refractivity contribution in [2.45, 2.75) is 51.0 Å². The number of anilines is 2. The van der Waals surface area contributed by atoms with E-state index in [0.717, 1.165) is 5.56 Å². The summed E-state index contributed by atoms with van der Waals surface area (Å²) in [6.45, 7) is 10.2. The quantitative estimate of drug-likeness (QED) is 0.865. The van der Waals surface area contributed by atoms with E-state index in [4.69, 9.17) is 0 Å². The largest absolute Gasteiger partial charge is 0.366 e. The number of hydrogen-bond donors (Lipinski definition) is 2. The molecule has 2 aromatic rings. The molecule has 1 heterocycles. The molecular formula is C17H24N4O2S. The van der Waals surface area contributed by atoms with Crippen molar-refractivity contribution < 1.29 is 8.42 Å². The molecule has 1 aromatic heterocycles. The van der Waals surface area contributed by atoms with Crippen LogP contribution in [0, 0.1) is 0 Å². The van der Waals surface area contributed by atoms with E-state index >= 15 is 0 Å². The fraction of sp³-hybridized carbons (Fsp3) is 0.412. The van der Waals surface area contributed by atoms with Crippen molar-refractivity contribution >= 4 is 21.7 Å².